The third-order valence-corrected chi connectivity index (χ3v) is 5.70. The van der Waals surface area contributed by atoms with E-state index in [-0.39, 0.29) is 35.0 Å². The van der Waals surface area contributed by atoms with Gasteiger partial charge in [0.15, 0.2) is 0 Å². The van der Waals surface area contributed by atoms with Crippen molar-refractivity contribution in [3.8, 4) is 0 Å². The van der Waals surface area contributed by atoms with Gasteiger partial charge in [-0.05, 0) is 39.5 Å². The zero-order valence-electron chi connectivity index (χ0n) is 11.6. The number of hydrogen-bond donors (Lipinski definition) is 1. The van der Waals surface area contributed by atoms with Crippen LogP contribution in [0.25, 0.3) is 0 Å². The van der Waals surface area contributed by atoms with Crippen molar-refractivity contribution in [1.29, 1.82) is 0 Å². The van der Waals surface area contributed by atoms with Crippen molar-refractivity contribution in [2.75, 3.05) is 18.1 Å². The number of nitrogens with one attached hydrogen (secondary N) is 1. The highest BCUT2D eigenvalue weighted by Gasteiger charge is 2.33. The van der Waals surface area contributed by atoms with Gasteiger partial charge in [0.1, 0.15) is 9.84 Å². The Morgan fingerprint density at radius 1 is 1.26 bits per heavy atom. The smallest absolute Gasteiger partial charge is 0.223 e. The summed E-state index contributed by atoms with van der Waals surface area (Å²) in [5.74, 6) is 0.0944. The summed E-state index contributed by atoms with van der Waals surface area (Å²) in [6, 6.07) is 0. The third kappa shape index (κ3) is 4.18. The Kier molecular flexibility index (Phi) is 4.20. The summed E-state index contributed by atoms with van der Waals surface area (Å²) < 4.78 is 28.4. The van der Waals surface area contributed by atoms with Crippen molar-refractivity contribution in [3.63, 3.8) is 0 Å². The van der Waals surface area contributed by atoms with Crippen LogP contribution in [0.3, 0.4) is 0 Å². The van der Waals surface area contributed by atoms with Crippen molar-refractivity contribution in [2.45, 2.75) is 51.2 Å². The van der Waals surface area contributed by atoms with E-state index in [9.17, 15) is 13.2 Å². The first-order valence-electron chi connectivity index (χ1n) is 6.93. The number of sulfone groups is 1. The molecule has 1 amide bonds. The van der Waals surface area contributed by atoms with Gasteiger partial charge in [-0.1, -0.05) is 0 Å². The number of rotatable bonds is 3. The minimum Gasteiger partial charge on any atom is -0.371 e. The van der Waals surface area contributed by atoms with Crippen LogP contribution in [-0.2, 0) is 19.4 Å². The SMILES string of the molecule is CC1(C)CCC(CNC(=O)C2CCS(=O)(=O)CC2)O1. The predicted molar refractivity (Wildman–Crippen MR) is 72.6 cm³/mol. The summed E-state index contributed by atoms with van der Waals surface area (Å²) >= 11 is 0. The van der Waals surface area contributed by atoms with Crippen LogP contribution in [-0.4, -0.2) is 44.1 Å². The molecule has 2 rings (SSSR count). The van der Waals surface area contributed by atoms with E-state index >= 15 is 0 Å². The largest absolute Gasteiger partial charge is 0.371 e. The normalized spacial score (nSPS) is 30.1. The monoisotopic (exact) mass is 289 g/mol. The van der Waals surface area contributed by atoms with Gasteiger partial charge in [0.05, 0.1) is 23.2 Å². The van der Waals surface area contributed by atoms with Gasteiger partial charge in [0.25, 0.3) is 0 Å². The topological polar surface area (TPSA) is 72.5 Å². The maximum absolute atomic E-state index is 12.0. The molecule has 0 radical (unpaired) electrons. The Morgan fingerprint density at radius 3 is 2.42 bits per heavy atom. The van der Waals surface area contributed by atoms with Crippen LogP contribution in [0, 0.1) is 5.92 Å². The fourth-order valence-corrected chi connectivity index (χ4v) is 4.22. The molecule has 0 aromatic carbocycles. The van der Waals surface area contributed by atoms with Crippen LogP contribution in [0.5, 0.6) is 0 Å². The first-order valence-corrected chi connectivity index (χ1v) is 8.75. The van der Waals surface area contributed by atoms with Crippen molar-refractivity contribution in [1.82, 2.24) is 5.32 Å². The number of amides is 1. The fourth-order valence-electron chi connectivity index (χ4n) is 2.73. The summed E-state index contributed by atoms with van der Waals surface area (Å²) in [5.41, 5.74) is -0.0890. The molecular weight excluding hydrogens is 266 g/mol. The molecule has 1 atom stereocenters. The lowest BCUT2D eigenvalue weighted by molar-refractivity contribution is -0.126. The van der Waals surface area contributed by atoms with Gasteiger partial charge in [-0.3, -0.25) is 4.79 Å². The standard InChI is InChI=1S/C13H23NO4S/c1-13(2)6-3-11(18-13)9-14-12(15)10-4-7-19(16,17)8-5-10/h10-11H,3-9H2,1-2H3,(H,14,15). The predicted octanol–water partition coefficient (Wildman–Crippen LogP) is 0.885. The molecule has 1 N–H and O–H groups in total. The molecule has 19 heavy (non-hydrogen) atoms. The Labute approximate surface area is 115 Å². The number of ether oxygens (including phenoxy) is 1. The lowest BCUT2D eigenvalue weighted by Crippen LogP contribution is -2.40. The average molecular weight is 289 g/mol. The highest BCUT2D eigenvalue weighted by molar-refractivity contribution is 7.91. The Morgan fingerprint density at radius 2 is 1.89 bits per heavy atom. The molecular formula is C13H23NO4S. The lowest BCUT2D eigenvalue weighted by Gasteiger charge is -2.23. The molecule has 0 bridgehead atoms. The van der Waals surface area contributed by atoms with Crippen molar-refractivity contribution < 1.29 is 17.9 Å². The molecule has 6 heteroatoms. The molecule has 2 saturated heterocycles. The van der Waals surface area contributed by atoms with Crippen LogP contribution < -0.4 is 5.32 Å². The minimum atomic E-state index is -2.90. The Bertz CT molecular complexity index is 430. The van der Waals surface area contributed by atoms with Gasteiger partial charge in [-0.15, -0.1) is 0 Å². The molecule has 0 saturated carbocycles. The van der Waals surface area contributed by atoms with E-state index in [1.807, 2.05) is 0 Å². The molecule has 2 heterocycles. The first-order chi connectivity index (χ1) is 8.77. The number of carbonyl (C=O) groups is 1. The van der Waals surface area contributed by atoms with E-state index in [2.05, 4.69) is 19.2 Å². The maximum Gasteiger partial charge on any atom is 0.223 e. The van der Waals surface area contributed by atoms with E-state index in [1.165, 1.54) is 0 Å². The van der Waals surface area contributed by atoms with E-state index in [0.717, 1.165) is 12.8 Å². The van der Waals surface area contributed by atoms with Crippen molar-refractivity contribution in [3.05, 3.63) is 0 Å². The summed E-state index contributed by atoms with van der Waals surface area (Å²) in [5, 5.41) is 2.90. The van der Waals surface area contributed by atoms with Gasteiger partial charge in [0, 0.05) is 12.5 Å². The average Bonchev–Trinajstić information content (AvgIpc) is 2.66. The van der Waals surface area contributed by atoms with Gasteiger partial charge < -0.3 is 10.1 Å². The van der Waals surface area contributed by atoms with E-state index in [1.54, 1.807) is 0 Å². The molecule has 2 fully saturated rings. The van der Waals surface area contributed by atoms with Crippen LogP contribution in [0.15, 0.2) is 0 Å². The lowest BCUT2D eigenvalue weighted by atomic mass is 10.0. The number of hydrogen-bond acceptors (Lipinski definition) is 4. The fraction of sp³-hybridized carbons (Fsp3) is 0.923. The molecule has 0 spiro atoms. The van der Waals surface area contributed by atoms with E-state index < -0.39 is 9.84 Å². The quantitative estimate of drug-likeness (QED) is 0.837. The molecule has 0 aliphatic carbocycles. The highest BCUT2D eigenvalue weighted by atomic mass is 32.2. The minimum absolute atomic E-state index is 0.0248. The Hall–Kier alpha value is -0.620. The molecule has 1 unspecified atom stereocenters. The van der Waals surface area contributed by atoms with Crippen LogP contribution in [0.1, 0.15) is 39.5 Å². The molecule has 5 nitrogen and oxygen atoms in total. The summed E-state index contributed by atoms with van der Waals surface area (Å²) in [6.45, 7) is 4.65. The molecule has 0 aromatic heterocycles. The Balaban J connectivity index is 1.74. The van der Waals surface area contributed by atoms with E-state index in [4.69, 9.17) is 4.74 Å². The van der Waals surface area contributed by atoms with Crippen LogP contribution >= 0.6 is 0 Å². The molecule has 2 aliphatic heterocycles. The first kappa shape index (κ1) is 14.8. The zero-order chi connectivity index (χ0) is 14.1. The summed E-state index contributed by atoms with van der Waals surface area (Å²) in [7, 11) is -2.90. The summed E-state index contributed by atoms with van der Waals surface area (Å²) in [4.78, 5) is 12.0. The van der Waals surface area contributed by atoms with Crippen molar-refractivity contribution in [2.24, 2.45) is 5.92 Å². The summed E-state index contributed by atoms with van der Waals surface area (Å²) in [6.07, 6.45) is 2.96. The molecule has 110 valence electrons. The van der Waals surface area contributed by atoms with Gasteiger partial charge >= 0.3 is 0 Å². The second kappa shape index (κ2) is 5.40. The second-order valence-electron chi connectivity index (χ2n) is 6.21. The van der Waals surface area contributed by atoms with Gasteiger partial charge in [-0.2, -0.15) is 0 Å². The van der Waals surface area contributed by atoms with Crippen LogP contribution in [0.4, 0.5) is 0 Å². The van der Waals surface area contributed by atoms with Crippen LogP contribution in [0.2, 0.25) is 0 Å². The highest BCUT2D eigenvalue weighted by Crippen LogP contribution is 2.29. The number of carbonyl (C=O) groups excluding carboxylic acids is 1. The molecule has 2 aliphatic rings. The third-order valence-electron chi connectivity index (χ3n) is 3.98. The zero-order valence-corrected chi connectivity index (χ0v) is 12.5. The molecule has 0 aromatic rings. The van der Waals surface area contributed by atoms with Gasteiger partial charge in [0.2, 0.25) is 5.91 Å². The van der Waals surface area contributed by atoms with Gasteiger partial charge in [-0.25, -0.2) is 8.42 Å². The van der Waals surface area contributed by atoms with Crippen molar-refractivity contribution >= 4 is 15.7 Å². The maximum atomic E-state index is 12.0. The second-order valence-corrected chi connectivity index (χ2v) is 8.51. The van der Waals surface area contributed by atoms with E-state index in [0.29, 0.717) is 19.4 Å².